The number of hydrogen-bond acceptors (Lipinski definition) is 3. The molecule has 0 radical (unpaired) electrons. The fourth-order valence-corrected chi connectivity index (χ4v) is 3.17. The van der Waals surface area contributed by atoms with Crippen LogP contribution >= 0.6 is 0 Å². The molecular weight excluding hydrogens is 276 g/mol. The lowest BCUT2D eigenvalue weighted by Gasteiger charge is -2.29. The Morgan fingerprint density at radius 1 is 1.23 bits per heavy atom. The van der Waals surface area contributed by atoms with Crippen LogP contribution < -0.4 is 15.4 Å². The van der Waals surface area contributed by atoms with Crippen LogP contribution in [0.3, 0.4) is 0 Å². The number of carbonyl (C=O) groups is 1. The van der Waals surface area contributed by atoms with Gasteiger partial charge in [0.2, 0.25) is 5.91 Å². The molecule has 0 spiro atoms. The Morgan fingerprint density at radius 3 is 2.55 bits per heavy atom. The minimum absolute atomic E-state index is 0.0877. The van der Waals surface area contributed by atoms with Crippen molar-refractivity contribution in [3.8, 4) is 5.75 Å². The fourth-order valence-electron chi connectivity index (χ4n) is 3.17. The van der Waals surface area contributed by atoms with Crippen molar-refractivity contribution in [3.63, 3.8) is 0 Å². The standard InChI is InChI=1S/C18H28N2O2/c1-13-4-5-15(12-18(13)22-3)10-11-19-16-6-8-17(9-7-16)20-14(2)21/h4-5,12,16-17,19H,6-11H2,1-3H3,(H,20,21). The molecule has 0 unspecified atom stereocenters. The topological polar surface area (TPSA) is 50.4 Å². The molecule has 1 aromatic rings. The van der Waals surface area contributed by atoms with E-state index in [0.717, 1.165) is 44.4 Å². The highest BCUT2D eigenvalue weighted by Gasteiger charge is 2.20. The number of carbonyl (C=O) groups excluding carboxylic acids is 1. The molecule has 1 aromatic carbocycles. The average Bonchev–Trinajstić information content (AvgIpc) is 2.50. The molecule has 1 fully saturated rings. The lowest BCUT2D eigenvalue weighted by atomic mass is 9.91. The monoisotopic (exact) mass is 304 g/mol. The van der Waals surface area contributed by atoms with Crippen LogP contribution in [0.2, 0.25) is 0 Å². The Hall–Kier alpha value is -1.55. The number of rotatable bonds is 6. The summed E-state index contributed by atoms with van der Waals surface area (Å²) in [4.78, 5) is 11.1. The van der Waals surface area contributed by atoms with Gasteiger partial charge in [0.25, 0.3) is 0 Å². The summed E-state index contributed by atoms with van der Waals surface area (Å²) in [6.07, 6.45) is 5.46. The van der Waals surface area contributed by atoms with E-state index in [9.17, 15) is 4.79 Å². The van der Waals surface area contributed by atoms with Crippen molar-refractivity contribution in [1.82, 2.24) is 10.6 Å². The van der Waals surface area contributed by atoms with Gasteiger partial charge in [0.15, 0.2) is 0 Å². The lowest BCUT2D eigenvalue weighted by Crippen LogP contribution is -2.41. The van der Waals surface area contributed by atoms with E-state index in [1.165, 1.54) is 11.1 Å². The van der Waals surface area contributed by atoms with E-state index in [-0.39, 0.29) is 5.91 Å². The highest BCUT2D eigenvalue weighted by Crippen LogP contribution is 2.20. The smallest absolute Gasteiger partial charge is 0.217 e. The number of amides is 1. The Labute approximate surface area is 133 Å². The van der Waals surface area contributed by atoms with Gasteiger partial charge in [0.05, 0.1) is 7.11 Å². The van der Waals surface area contributed by atoms with E-state index in [4.69, 9.17) is 4.74 Å². The molecule has 122 valence electrons. The number of benzene rings is 1. The molecule has 0 heterocycles. The summed E-state index contributed by atoms with van der Waals surface area (Å²) in [6.45, 7) is 4.65. The van der Waals surface area contributed by atoms with Gasteiger partial charge in [-0.1, -0.05) is 12.1 Å². The van der Waals surface area contributed by atoms with Gasteiger partial charge >= 0.3 is 0 Å². The van der Waals surface area contributed by atoms with Crippen molar-refractivity contribution in [2.24, 2.45) is 0 Å². The Kier molecular flexibility index (Phi) is 6.25. The van der Waals surface area contributed by atoms with Crippen LogP contribution in [-0.2, 0) is 11.2 Å². The zero-order valence-corrected chi connectivity index (χ0v) is 13.9. The van der Waals surface area contributed by atoms with Crippen LogP contribution in [0.25, 0.3) is 0 Å². The molecule has 0 bridgehead atoms. The first kappa shape index (κ1) is 16.8. The second-order valence-electron chi connectivity index (χ2n) is 6.26. The fraction of sp³-hybridized carbons (Fsp3) is 0.611. The number of nitrogens with one attached hydrogen (secondary N) is 2. The van der Waals surface area contributed by atoms with Crippen LogP contribution in [0.5, 0.6) is 5.75 Å². The average molecular weight is 304 g/mol. The maximum Gasteiger partial charge on any atom is 0.217 e. The third-order valence-corrected chi connectivity index (χ3v) is 4.45. The first-order chi connectivity index (χ1) is 10.6. The van der Waals surface area contributed by atoms with E-state index in [1.807, 2.05) is 0 Å². The lowest BCUT2D eigenvalue weighted by molar-refractivity contribution is -0.119. The van der Waals surface area contributed by atoms with Crippen LogP contribution in [0, 0.1) is 6.92 Å². The van der Waals surface area contributed by atoms with Gasteiger partial charge in [0, 0.05) is 19.0 Å². The van der Waals surface area contributed by atoms with E-state index < -0.39 is 0 Å². The second-order valence-corrected chi connectivity index (χ2v) is 6.26. The largest absolute Gasteiger partial charge is 0.496 e. The molecule has 4 heteroatoms. The van der Waals surface area contributed by atoms with E-state index in [1.54, 1.807) is 14.0 Å². The van der Waals surface area contributed by atoms with Gasteiger partial charge in [-0.15, -0.1) is 0 Å². The van der Waals surface area contributed by atoms with Crippen molar-refractivity contribution in [1.29, 1.82) is 0 Å². The van der Waals surface area contributed by atoms with E-state index in [0.29, 0.717) is 12.1 Å². The quantitative estimate of drug-likeness (QED) is 0.849. The van der Waals surface area contributed by atoms with Gasteiger partial charge < -0.3 is 15.4 Å². The number of hydrogen-bond donors (Lipinski definition) is 2. The molecule has 0 aliphatic heterocycles. The summed E-state index contributed by atoms with van der Waals surface area (Å²) in [5.74, 6) is 1.05. The first-order valence-corrected chi connectivity index (χ1v) is 8.22. The maximum atomic E-state index is 11.1. The van der Waals surface area contributed by atoms with Crippen LogP contribution in [0.4, 0.5) is 0 Å². The number of methoxy groups -OCH3 is 1. The van der Waals surface area contributed by atoms with Crippen molar-refractivity contribution in [2.45, 2.75) is 58.0 Å². The van der Waals surface area contributed by atoms with Crippen molar-refractivity contribution < 1.29 is 9.53 Å². The molecule has 1 aliphatic rings. The third kappa shape index (κ3) is 5.02. The van der Waals surface area contributed by atoms with Gasteiger partial charge in [0.1, 0.15) is 5.75 Å². The van der Waals surface area contributed by atoms with Gasteiger partial charge in [-0.3, -0.25) is 4.79 Å². The molecular formula is C18H28N2O2. The first-order valence-electron chi connectivity index (χ1n) is 8.22. The van der Waals surface area contributed by atoms with Gasteiger partial charge in [-0.05, 0) is 62.8 Å². The third-order valence-electron chi connectivity index (χ3n) is 4.45. The molecule has 0 saturated heterocycles. The Bertz CT molecular complexity index is 494. The van der Waals surface area contributed by atoms with Gasteiger partial charge in [-0.2, -0.15) is 0 Å². The molecule has 4 nitrogen and oxygen atoms in total. The maximum absolute atomic E-state index is 11.1. The highest BCUT2D eigenvalue weighted by molar-refractivity contribution is 5.73. The zero-order valence-electron chi connectivity index (χ0n) is 13.9. The van der Waals surface area contributed by atoms with Crippen LogP contribution in [-0.4, -0.2) is 31.6 Å². The van der Waals surface area contributed by atoms with E-state index >= 15 is 0 Å². The molecule has 22 heavy (non-hydrogen) atoms. The van der Waals surface area contributed by atoms with Crippen LogP contribution in [0.1, 0.15) is 43.7 Å². The Morgan fingerprint density at radius 2 is 1.91 bits per heavy atom. The highest BCUT2D eigenvalue weighted by atomic mass is 16.5. The molecule has 1 aliphatic carbocycles. The van der Waals surface area contributed by atoms with E-state index in [2.05, 4.69) is 35.8 Å². The minimum Gasteiger partial charge on any atom is -0.496 e. The molecule has 1 amide bonds. The summed E-state index contributed by atoms with van der Waals surface area (Å²) >= 11 is 0. The molecule has 0 aromatic heterocycles. The van der Waals surface area contributed by atoms with Crippen molar-refractivity contribution >= 4 is 5.91 Å². The SMILES string of the molecule is COc1cc(CCNC2CCC(NC(C)=O)CC2)ccc1C. The number of aryl methyl sites for hydroxylation is 1. The summed E-state index contributed by atoms with van der Waals surface area (Å²) < 4.78 is 5.37. The number of ether oxygens (including phenoxy) is 1. The minimum atomic E-state index is 0.0877. The zero-order chi connectivity index (χ0) is 15.9. The molecule has 2 N–H and O–H groups in total. The normalized spacial score (nSPS) is 21.4. The van der Waals surface area contributed by atoms with Crippen molar-refractivity contribution in [3.05, 3.63) is 29.3 Å². The summed E-state index contributed by atoms with van der Waals surface area (Å²) in [5, 5.41) is 6.66. The molecule has 0 atom stereocenters. The van der Waals surface area contributed by atoms with Crippen LogP contribution in [0.15, 0.2) is 18.2 Å². The second kappa shape index (κ2) is 8.18. The Balaban J connectivity index is 1.70. The predicted octanol–water partition coefficient (Wildman–Crippen LogP) is 2.58. The van der Waals surface area contributed by atoms with Gasteiger partial charge in [-0.25, -0.2) is 0 Å². The molecule has 2 rings (SSSR count). The summed E-state index contributed by atoms with van der Waals surface area (Å²) in [5.41, 5.74) is 2.48. The van der Waals surface area contributed by atoms with Crippen molar-refractivity contribution in [2.75, 3.05) is 13.7 Å². The summed E-state index contributed by atoms with van der Waals surface area (Å²) in [6, 6.07) is 7.37. The molecule has 1 saturated carbocycles. The predicted molar refractivity (Wildman–Crippen MR) is 89.3 cm³/mol. The summed E-state index contributed by atoms with van der Waals surface area (Å²) in [7, 11) is 1.72.